The van der Waals surface area contributed by atoms with E-state index in [1.165, 1.54) is 4.68 Å². The molecule has 32 heavy (non-hydrogen) atoms. The Labute approximate surface area is 187 Å². The molecule has 2 aromatic heterocycles. The summed E-state index contributed by atoms with van der Waals surface area (Å²) < 4.78 is 3.39. The Hall–Kier alpha value is -3.67. The van der Waals surface area contributed by atoms with Gasteiger partial charge in [-0.1, -0.05) is 31.2 Å². The summed E-state index contributed by atoms with van der Waals surface area (Å²) in [5.74, 6) is -0.0969. The van der Waals surface area contributed by atoms with Crippen LogP contribution in [0.2, 0.25) is 0 Å². The fraction of sp³-hybridized carbons (Fsp3) is 0.269. The predicted octanol–water partition coefficient (Wildman–Crippen LogP) is 5.01. The second kappa shape index (κ2) is 8.46. The number of hydrogen-bond donors (Lipinski definition) is 1. The van der Waals surface area contributed by atoms with Gasteiger partial charge in [-0.25, -0.2) is 0 Å². The molecule has 0 saturated carbocycles. The Balaban J connectivity index is 1.79. The molecule has 2 aromatic carbocycles. The second-order valence-electron chi connectivity index (χ2n) is 8.32. The highest BCUT2D eigenvalue weighted by Crippen LogP contribution is 2.29. The average molecular weight is 429 g/mol. The lowest BCUT2D eigenvalue weighted by Gasteiger charge is -2.21. The zero-order valence-corrected chi connectivity index (χ0v) is 19.1. The molecule has 0 fully saturated rings. The summed E-state index contributed by atoms with van der Waals surface area (Å²) in [5, 5.41) is 8.84. The van der Waals surface area contributed by atoms with E-state index >= 15 is 0 Å². The van der Waals surface area contributed by atoms with Crippen LogP contribution in [0.5, 0.6) is 0 Å². The van der Waals surface area contributed by atoms with Gasteiger partial charge in [0, 0.05) is 22.5 Å². The van der Waals surface area contributed by atoms with Crippen molar-refractivity contribution < 1.29 is 4.79 Å². The first-order valence-corrected chi connectivity index (χ1v) is 10.9. The Morgan fingerprint density at radius 2 is 1.66 bits per heavy atom. The molecule has 0 saturated heterocycles. The normalized spacial score (nSPS) is 12.2. The number of benzene rings is 2. The smallest absolute Gasteiger partial charge is 0.281 e. The molecule has 1 atom stereocenters. The Morgan fingerprint density at radius 1 is 1.00 bits per heavy atom. The summed E-state index contributed by atoms with van der Waals surface area (Å²) in [6.45, 7) is 9.85. The predicted molar refractivity (Wildman–Crippen MR) is 129 cm³/mol. The van der Waals surface area contributed by atoms with Gasteiger partial charge in [0.15, 0.2) is 0 Å². The third-order valence-electron chi connectivity index (χ3n) is 5.94. The van der Waals surface area contributed by atoms with Crippen LogP contribution in [0.15, 0.2) is 59.5 Å². The molecule has 4 rings (SSSR count). The van der Waals surface area contributed by atoms with Crippen molar-refractivity contribution in [1.82, 2.24) is 14.3 Å². The van der Waals surface area contributed by atoms with Crippen molar-refractivity contribution in [3.8, 4) is 5.69 Å². The van der Waals surface area contributed by atoms with Crippen molar-refractivity contribution in [2.75, 3.05) is 5.32 Å². The van der Waals surface area contributed by atoms with Crippen LogP contribution in [0.3, 0.4) is 0 Å². The zero-order chi connectivity index (χ0) is 23.0. The fourth-order valence-corrected chi connectivity index (χ4v) is 4.56. The zero-order valence-electron chi connectivity index (χ0n) is 19.1. The molecule has 0 aliphatic carbocycles. The molecule has 164 valence electrons. The Morgan fingerprint density at radius 3 is 2.28 bits per heavy atom. The first kappa shape index (κ1) is 21.6. The number of para-hydroxylation sites is 1. The molecule has 0 aliphatic heterocycles. The summed E-state index contributed by atoms with van der Waals surface area (Å²) in [5.41, 5.74) is 5.15. The highest BCUT2D eigenvalue weighted by Gasteiger charge is 2.26. The number of anilines is 1. The lowest BCUT2D eigenvalue weighted by atomic mass is 10.1. The van der Waals surface area contributed by atoms with Crippen LogP contribution in [0.4, 0.5) is 5.69 Å². The Bertz CT molecular complexity index is 1350. The molecule has 6 nitrogen and oxygen atoms in total. The van der Waals surface area contributed by atoms with E-state index in [0.29, 0.717) is 17.5 Å². The molecule has 1 unspecified atom stereocenters. The van der Waals surface area contributed by atoms with Gasteiger partial charge in [-0.3, -0.25) is 9.59 Å². The number of amides is 1. The van der Waals surface area contributed by atoms with E-state index in [2.05, 4.69) is 16.5 Å². The van der Waals surface area contributed by atoms with E-state index in [4.69, 9.17) is 0 Å². The van der Waals surface area contributed by atoms with E-state index in [1.54, 1.807) is 6.20 Å². The topological polar surface area (TPSA) is 68.9 Å². The summed E-state index contributed by atoms with van der Waals surface area (Å²) in [6, 6.07) is 14.9. The molecular formula is C26H28N4O2. The van der Waals surface area contributed by atoms with Crippen LogP contribution >= 0.6 is 0 Å². The molecule has 0 aliphatic rings. The maximum absolute atomic E-state index is 13.3. The van der Waals surface area contributed by atoms with E-state index in [1.807, 2.05) is 81.7 Å². The minimum Gasteiger partial charge on any atom is -0.335 e. The van der Waals surface area contributed by atoms with E-state index in [0.717, 1.165) is 33.6 Å². The molecule has 0 spiro atoms. The molecular weight excluding hydrogens is 400 g/mol. The van der Waals surface area contributed by atoms with Crippen molar-refractivity contribution in [1.29, 1.82) is 0 Å². The monoisotopic (exact) mass is 428 g/mol. The largest absolute Gasteiger partial charge is 0.335 e. The first-order valence-electron chi connectivity index (χ1n) is 10.9. The number of rotatable bonds is 5. The number of carbonyl (C=O) groups excluding carboxylic acids is 1. The van der Waals surface area contributed by atoms with Gasteiger partial charge in [-0.05, 0) is 69.5 Å². The lowest BCUT2D eigenvalue weighted by Crippen LogP contribution is -2.27. The van der Waals surface area contributed by atoms with E-state index in [9.17, 15) is 9.59 Å². The van der Waals surface area contributed by atoms with Crippen LogP contribution in [-0.2, 0) is 4.79 Å². The number of fused-ring (bicyclic) bond motifs is 1. The fourth-order valence-electron chi connectivity index (χ4n) is 4.56. The van der Waals surface area contributed by atoms with Gasteiger partial charge >= 0.3 is 0 Å². The first-order chi connectivity index (χ1) is 15.3. The number of aromatic nitrogens is 3. The lowest BCUT2D eigenvalue weighted by molar-refractivity contribution is -0.119. The van der Waals surface area contributed by atoms with Crippen LogP contribution in [-0.4, -0.2) is 20.3 Å². The van der Waals surface area contributed by atoms with Crippen molar-refractivity contribution in [2.45, 2.75) is 47.1 Å². The average Bonchev–Trinajstić information content (AvgIpc) is 3.00. The summed E-state index contributed by atoms with van der Waals surface area (Å²) in [7, 11) is 0. The number of aryl methyl sites for hydroxylation is 4. The van der Waals surface area contributed by atoms with Crippen molar-refractivity contribution in [3.05, 3.63) is 87.6 Å². The minimum atomic E-state index is -0.437. The van der Waals surface area contributed by atoms with Crippen LogP contribution in [0.25, 0.3) is 16.5 Å². The maximum Gasteiger partial charge on any atom is 0.281 e. The molecule has 6 heteroatoms. The Kier molecular flexibility index (Phi) is 5.70. The van der Waals surface area contributed by atoms with Crippen molar-refractivity contribution >= 4 is 22.4 Å². The SMILES string of the molecule is CCC(C(=O)Nc1cc(C)cc(C)c1)n1c(C)c2cnn(-c3ccccc3)c(=O)c2c1C. The van der Waals surface area contributed by atoms with Crippen LogP contribution in [0.1, 0.15) is 41.9 Å². The van der Waals surface area contributed by atoms with Gasteiger partial charge in [0.25, 0.3) is 5.56 Å². The number of hydrogen-bond acceptors (Lipinski definition) is 3. The van der Waals surface area contributed by atoms with E-state index < -0.39 is 6.04 Å². The second-order valence-corrected chi connectivity index (χ2v) is 8.32. The van der Waals surface area contributed by atoms with Gasteiger partial charge in [0.1, 0.15) is 6.04 Å². The number of nitrogens with one attached hydrogen (secondary N) is 1. The third-order valence-corrected chi connectivity index (χ3v) is 5.94. The highest BCUT2D eigenvalue weighted by molar-refractivity contribution is 5.95. The van der Waals surface area contributed by atoms with Crippen LogP contribution < -0.4 is 10.9 Å². The molecule has 1 amide bonds. The van der Waals surface area contributed by atoms with Gasteiger partial charge in [0.05, 0.1) is 17.3 Å². The summed E-state index contributed by atoms with van der Waals surface area (Å²) in [6.07, 6.45) is 2.32. The molecule has 1 N–H and O–H groups in total. The van der Waals surface area contributed by atoms with Gasteiger partial charge in [0.2, 0.25) is 5.91 Å². The molecule has 4 aromatic rings. The summed E-state index contributed by atoms with van der Waals surface area (Å²) >= 11 is 0. The van der Waals surface area contributed by atoms with Gasteiger partial charge in [-0.2, -0.15) is 9.78 Å². The van der Waals surface area contributed by atoms with Crippen LogP contribution in [0, 0.1) is 27.7 Å². The number of carbonyl (C=O) groups is 1. The van der Waals surface area contributed by atoms with Crippen molar-refractivity contribution in [3.63, 3.8) is 0 Å². The minimum absolute atomic E-state index is 0.0969. The molecule has 2 heterocycles. The van der Waals surface area contributed by atoms with Gasteiger partial charge in [-0.15, -0.1) is 0 Å². The third kappa shape index (κ3) is 3.73. The van der Waals surface area contributed by atoms with E-state index in [-0.39, 0.29) is 11.5 Å². The quantitative estimate of drug-likeness (QED) is 0.486. The van der Waals surface area contributed by atoms with Gasteiger partial charge < -0.3 is 9.88 Å². The molecule has 0 radical (unpaired) electrons. The summed E-state index contributed by atoms with van der Waals surface area (Å²) in [4.78, 5) is 26.6. The number of nitrogens with zero attached hydrogens (tertiary/aromatic N) is 3. The molecule has 0 bridgehead atoms. The standard InChI is InChI=1S/C26H28N4O2/c1-6-23(25(31)28-20-13-16(2)12-17(3)14-20)29-18(4)22-15-27-30(21-10-8-7-9-11-21)26(32)24(22)19(29)5/h7-15,23H,6H2,1-5H3,(H,28,31). The highest BCUT2D eigenvalue weighted by atomic mass is 16.2. The van der Waals surface area contributed by atoms with Crippen molar-refractivity contribution in [2.24, 2.45) is 0 Å². The maximum atomic E-state index is 13.3.